The zero-order chi connectivity index (χ0) is 15.1. The number of hydrogen-bond donors (Lipinski definition) is 3. The van der Waals surface area contributed by atoms with Gasteiger partial charge in [-0.15, -0.1) is 0 Å². The Morgan fingerprint density at radius 1 is 1.48 bits per heavy atom. The molecule has 0 saturated carbocycles. The topological polar surface area (TPSA) is 83.8 Å². The first-order valence-electron chi connectivity index (χ1n) is 6.44. The number of hydrogen-bond acceptors (Lipinski definition) is 3. The molecule has 6 heteroatoms. The van der Waals surface area contributed by atoms with E-state index in [4.69, 9.17) is 5.73 Å². The number of nitrogens with two attached hydrogens (primary N) is 1. The van der Waals surface area contributed by atoms with Crippen LogP contribution in [0.4, 0.5) is 4.39 Å². The molecule has 0 aliphatic rings. The van der Waals surface area contributed by atoms with E-state index >= 15 is 0 Å². The van der Waals surface area contributed by atoms with Gasteiger partial charge in [0.2, 0.25) is 0 Å². The van der Waals surface area contributed by atoms with E-state index in [2.05, 4.69) is 27.1 Å². The van der Waals surface area contributed by atoms with E-state index < -0.39 is 5.82 Å². The van der Waals surface area contributed by atoms with Gasteiger partial charge in [0.15, 0.2) is 0 Å². The van der Waals surface area contributed by atoms with E-state index in [9.17, 15) is 9.18 Å². The molecule has 5 nitrogen and oxygen atoms in total. The number of imidazole rings is 1. The summed E-state index contributed by atoms with van der Waals surface area (Å²) in [6.45, 7) is 0.604. The molecule has 108 valence electrons. The highest BCUT2D eigenvalue weighted by molar-refractivity contribution is 5.94. The van der Waals surface area contributed by atoms with Gasteiger partial charge in [-0.1, -0.05) is 11.8 Å². The summed E-state index contributed by atoms with van der Waals surface area (Å²) in [5, 5.41) is 2.72. The lowest BCUT2D eigenvalue weighted by Gasteiger charge is -2.05. The number of amides is 1. The van der Waals surface area contributed by atoms with Crippen LogP contribution in [0.1, 0.15) is 21.6 Å². The summed E-state index contributed by atoms with van der Waals surface area (Å²) in [7, 11) is 0. The van der Waals surface area contributed by atoms with Gasteiger partial charge < -0.3 is 16.0 Å². The number of halogens is 1. The van der Waals surface area contributed by atoms with Gasteiger partial charge >= 0.3 is 0 Å². The first kappa shape index (κ1) is 14.8. The van der Waals surface area contributed by atoms with Crippen molar-refractivity contribution in [3.05, 3.63) is 53.4 Å². The van der Waals surface area contributed by atoms with Crippen molar-refractivity contribution in [3.63, 3.8) is 0 Å². The minimum atomic E-state index is -0.530. The third kappa shape index (κ3) is 4.16. The quantitative estimate of drug-likeness (QED) is 0.728. The Morgan fingerprint density at radius 3 is 3.00 bits per heavy atom. The normalized spacial score (nSPS) is 9.81. The molecule has 2 rings (SSSR count). The van der Waals surface area contributed by atoms with E-state index in [1.54, 1.807) is 12.5 Å². The molecule has 0 unspecified atom stereocenters. The van der Waals surface area contributed by atoms with E-state index in [-0.39, 0.29) is 23.6 Å². The molecule has 0 aliphatic carbocycles. The Bertz CT molecular complexity index is 671. The van der Waals surface area contributed by atoms with Gasteiger partial charge in [0.1, 0.15) is 5.82 Å². The summed E-state index contributed by atoms with van der Waals surface area (Å²) in [5.74, 6) is 4.32. The van der Waals surface area contributed by atoms with Gasteiger partial charge in [0, 0.05) is 30.4 Å². The van der Waals surface area contributed by atoms with Crippen LogP contribution in [-0.4, -0.2) is 29.0 Å². The number of aromatic amines is 1. The molecule has 0 atom stereocenters. The molecule has 0 fully saturated rings. The van der Waals surface area contributed by atoms with Crippen molar-refractivity contribution in [2.45, 2.75) is 6.42 Å². The van der Waals surface area contributed by atoms with Crippen molar-refractivity contribution < 1.29 is 9.18 Å². The monoisotopic (exact) mass is 286 g/mol. The maximum Gasteiger partial charge on any atom is 0.251 e. The smallest absolute Gasteiger partial charge is 0.251 e. The van der Waals surface area contributed by atoms with Crippen LogP contribution in [0.3, 0.4) is 0 Å². The van der Waals surface area contributed by atoms with Crippen LogP contribution in [0.2, 0.25) is 0 Å². The first-order valence-corrected chi connectivity index (χ1v) is 6.44. The fourth-order valence-electron chi connectivity index (χ4n) is 1.74. The van der Waals surface area contributed by atoms with Gasteiger partial charge in [-0.05, 0) is 18.2 Å². The number of nitrogens with zero attached hydrogens (tertiary/aromatic N) is 1. The lowest BCUT2D eigenvalue weighted by atomic mass is 10.1. The number of benzene rings is 1. The van der Waals surface area contributed by atoms with Crippen LogP contribution in [0.25, 0.3) is 0 Å². The molecule has 4 N–H and O–H groups in total. The fraction of sp³-hybridized carbons (Fsp3) is 0.200. The molecule has 21 heavy (non-hydrogen) atoms. The predicted molar refractivity (Wildman–Crippen MR) is 77.0 cm³/mol. The first-order chi connectivity index (χ1) is 10.2. The lowest BCUT2D eigenvalue weighted by Crippen LogP contribution is -2.25. The van der Waals surface area contributed by atoms with Crippen molar-refractivity contribution in [1.29, 1.82) is 0 Å². The van der Waals surface area contributed by atoms with E-state index in [0.717, 1.165) is 5.69 Å². The molecular weight excluding hydrogens is 271 g/mol. The highest BCUT2D eigenvalue weighted by atomic mass is 19.1. The standard InChI is InChI=1S/C15H15FN4O/c16-14-8-12(4-3-11(14)2-1-6-17)15(21)19-7-5-13-9-18-10-20-13/h3-4,8-10H,5-7,17H2,(H,18,20)(H,19,21). The maximum absolute atomic E-state index is 13.7. The minimum Gasteiger partial charge on any atom is -0.352 e. The Morgan fingerprint density at radius 2 is 2.33 bits per heavy atom. The Hall–Kier alpha value is -2.65. The summed E-state index contributed by atoms with van der Waals surface area (Å²) < 4.78 is 13.7. The van der Waals surface area contributed by atoms with Crippen LogP contribution >= 0.6 is 0 Å². The van der Waals surface area contributed by atoms with Crippen molar-refractivity contribution in [2.24, 2.45) is 5.73 Å². The lowest BCUT2D eigenvalue weighted by molar-refractivity contribution is 0.0953. The number of nitrogens with one attached hydrogen (secondary N) is 2. The summed E-state index contributed by atoms with van der Waals surface area (Å²) in [4.78, 5) is 18.7. The van der Waals surface area contributed by atoms with E-state index in [1.807, 2.05) is 0 Å². The largest absolute Gasteiger partial charge is 0.352 e. The number of H-pyrrole nitrogens is 1. The molecular formula is C15H15FN4O. The zero-order valence-corrected chi connectivity index (χ0v) is 11.3. The Balaban J connectivity index is 1.94. The van der Waals surface area contributed by atoms with E-state index in [1.165, 1.54) is 18.2 Å². The Labute approximate surface area is 121 Å². The van der Waals surface area contributed by atoms with E-state index in [0.29, 0.717) is 13.0 Å². The molecule has 0 spiro atoms. The number of carbonyl (C=O) groups is 1. The van der Waals surface area contributed by atoms with Crippen LogP contribution in [-0.2, 0) is 6.42 Å². The molecule has 1 aromatic heterocycles. The van der Waals surface area contributed by atoms with Gasteiger partial charge in [-0.2, -0.15) is 0 Å². The van der Waals surface area contributed by atoms with Crippen LogP contribution in [0.15, 0.2) is 30.7 Å². The molecule has 1 amide bonds. The SMILES string of the molecule is NCC#Cc1ccc(C(=O)NCCc2cnc[nH]2)cc1F. The predicted octanol–water partition coefficient (Wildman–Crippen LogP) is 0.831. The van der Waals surface area contributed by atoms with Gasteiger partial charge in [-0.3, -0.25) is 4.79 Å². The second-order valence-electron chi connectivity index (χ2n) is 4.28. The minimum absolute atomic E-state index is 0.162. The summed E-state index contributed by atoms with van der Waals surface area (Å²) in [6, 6.07) is 4.18. The molecule has 0 aliphatic heterocycles. The highest BCUT2D eigenvalue weighted by Crippen LogP contribution is 2.09. The molecule has 0 bridgehead atoms. The van der Waals surface area contributed by atoms with Crippen molar-refractivity contribution in [1.82, 2.24) is 15.3 Å². The second-order valence-corrected chi connectivity index (χ2v) is 4.28. The number of aromatic nitrogens is 2. The van der Waals surface area contributed by atoms with Crippen LogP contribution in [0, 0.1) is 17.7 Å². The average molecular weight is 286 g/mol. The third-order valence-electron chi connectivity index (χ3n) is 2.79. The van der Waals surface area contributed by atoms with Crippen LogP contribution < -0.4 is 11.1 Å². The maximum atomic E-state index is 13.7. The molecule has 0 radical (unpaired) electrons. The second kappa shape index (κ2) is 7.22. The molecule has 1 heterocycles. The summed E-state index contributed by atoms with van der Waals surface area (Å²) in [6.07, 6.45) is 3.90. The molecule has 0 saturated heterocycles. The molecule has 2 aromatic rings. The van der Waals surface area contributed by atoms with Crippen molar-refractivity contribution in [2.75, 3.05) is 13.1 Å². The summed E-state index contributed by atoms with van der Waals surface area (Å²) in [5.41, 5.74) is 6.65. The Kier molecular flexibility index (Phi) is 5.07. The highest BCUT2D eigenvalue weighted by Gasteiger charge is 2.08. The van der Waals surface area contributed by atoms with Gasteiger partial charge in [-0.25, -0.2) is 9.37 Å². The van der Waals surface area contributed by atoms with Crippen molar-refractivity contribution in [3.8, 4) is 11.8 Å². The molecule has 1 aromatic carbocycles. The van der Waals surface area contributed by atoms with Crippen LogP contribution in [0.5, 0.6) is 0 Å². The number of rotatable bonds is 4. The van der Waals surface area contributed by atoms with Crippen molar-refractivity contribution >= 4 is 5.91 Å². The third-order valence-corrected chi connectivity index (χ3v) is 2.79. The zero-order valence-electron chi connectivity index (χ0n) is 11.3. The van der Waals surface area contributed by atoms with Gasteiger partial charge in [0.25, 0.3) is 5.91 Å². The number of carbonyl (C=O) groups excluding carboxylic acids is 1. The summed E-state index contributed by atoms with van der Waals surface area (Å²) >= 11 is 0. The average Bonchev–Trinajstić information content (AvgIpc) is 2.99. The fourth-order valence-corrected chi connectivity index (χ4v) is 1.74. The van der Waals surface area contributed by atoms with Gasteiger partial charge in [0.05, 0.1) is 18.4 Å².